The molecule has 0 saturated heterocycles. The second kappa shape index (κ2) is 7.73. The van der Waals surface area contributed by atoms with Crippen molar-refractivity contribution in [2.24, 2.45) is 0 Å². The van der Waals surface area contributed by atoms with Crippen molar-refractivity contribution < 1.29 is 13.2 Å². The smallest absolute Gasteiger partial charge is 0.240 e. The Morgan fingerprint density at radius 1 is 0.929 bits per heavy atom. The second-order valence-corrected chi connectivity index (χ2v) is 8.85. The first-order chi connectivity index (χ1) is 13.5. The number of hydrogen-bond acceptors (Lipinski definition) is 3. The third kappa shape index (κ3) is 4.40. The molecule has 1 fully saturated rings. The van der Waals surface area contributed by atoms with Gasteiger partial charge in [-0.3, -0.25) is 4.79 Å². The molecule has 0 heterocycles. The molecule has 4 rings (SSSR count). The lowest BCUT2D eigenvalue weighted by molar-refractivity contribution is -0.120. The highest BCUT2D eigenvalue weighted by Gasteiger charge is 2.27. The van der Waals surface area contributed by atoms with Gasteiger partial charge in [-0.1, -0.05) is 54.6 Å². The lowest BCUT2D eigenvalue weighted by Crippen LogP contribution is -2.26. The predicted molar refractivity (Wildman–Crippen MR) is 109 cm³/mol. The topological polar surface area (TPSA) is 75.3 Å². The number of amides is 1. The first kappa shape index (κ1) is 18.7. The van der Waals surface area contributed by atoms with Crippen molar-refractivity contribution in [3.8, 4) is 0 Å². The molecule has 0 radical (unpaired) electrons. The molecular weight excluding hydrogens is 372 g/mol. The molecule has 1 aliphatic rings. The number of benzene rings is 3. The van der Waals surface area contributed by atoms with E-state index >= 15 is 0 Å². The minimum absolute atomic E-state index is 0.0662. The van der Waals surface area contributed by atoms with E-state index in [1.165, 1.54) is 0 Å². The van der Waals surface area contributed by atoms with E-state index in [1.807, 2.05) is 42.5 Å². The molecule has 5 nitrogen and oxygen atoms in total. The van der Waals surface area contributed by atoms with Crippen LogP contribution in [0.2, 0.25) is 0 Å². The van der Waals surface area contributed by atoms with Gasteiger partial charge < -0.3 is 5.32 Å². The maximum Gasteiger partial charge on any atom is 0.240 e. The van der Waals surface area contributed by atoms with E-state index in [2.05, 4.69) is 10.0 Å². The van der Waals surface area contributed by atoms with E-state index in [9.17, 15) is 13.2 Å². The summed E-state index contributed by atoms with van der Waals surface area (Å²) < 4.78 is 27.0. The Hall–Kier alpha value is -2.70. The normalized spacial score (nSPS) is 14.1. The molecule has 3 aromatic rings. The van der Waals surface area contributed by atoms with Crippen LogP contribution in [0, 0.1) is 0 Å². The van der Waals surface area contributed by atoms with Gasteiger partial charge in [0.1, 0.15) is 0 Å². The summed E-state index contributed by atoms with van der Waals surface area (Å²) in [6.07, 6.45) is 2.11. The van der Waals surface area contributed by atoms with Crippen molar-refractivity contribution >= 4 is 26.7 Å². The first-order valence-corrected chi connectivity index (χ1v) is 10.8. The average Bonchev–Trinajstić information content (AvgIpc) is 3.50. The molecular formula is C22H22N2O3S. The maximum absolute atomic E-state index is 12.4. The fourth-order valence-corrected chi connectivity index (χ4v) is 4.46. The fraction of sp³-hybridized carbons (Fsp3) is 0.227. The Bertz CT molecular complexity index is 1100. The largest absolute Gasteiger partial charge is 0.352 e. The van der Waals surface area contributed by atoms with Gasteiger partial charge in [0.05, 0.1) is 11.3 Å². The molecule has 2 N–H and O–H groups in total. The van der Waals surface area contributed by atoms with Crippen molar-refractivity contribution in [1.82, 2.24) is 10.0 Å². The summed E-state index contributed by atoms with van der Waals surface area (Å²) in [5.41, 5.74) is 1.85. The SMILES string of the molecule is O=C(Cc1cccc2ccccc12)NCc1ccc(S(=O)(=O)NC2CC2)cc1. The number of rotatable bonds is 7. The van der Waals surface area contributed by atoms with Gasteiger partial charge in [0.25, 0.3) is 0 Å². The van der Waals surface area contributed by atoms with Crippen molar-refractivity contribution in [2.75, 3.05) is 0 Å². The quantitative estimate of drug-likeness (QED) is 0.646. The van der Waals surface area contributed by atoms with Gasteiger partial charge in [0.2, 0.25) is 15.9 Å². The molecule has 6 heteroatoms. The first-order valence-electron chi connectivity index (χ1n) is 9.36. The molecule has 0 spiro atoms. The Kier molecular flexibility index (Phi) is 5.15. The summed E-state index contributed by atoms with van der Waals surface area (Å²) in [4.78, 5) is 12.6. The molecule has 0 bridgehead atoms. The predicted octanol–water partition coefficient (Wildman–Crippen LogP) is 3.14. The van der Waals surface area contributed by atoms with Gasteiger partial charge in [-0.05, 0) is 46.9 Å². The average molecular weight is 394 g/mol. The molecule has 28 heavy (non-hydrogen) atoms. The summed E-state index contributed by atoms with van der Waals surface area (Å²) in [6.45, 7) is 0.361. The molecule has 0 unspecified atom stereocenters. The summed E-state index contributed by atoms with van der Waals surface area (Å²) in [5, 5.41) is 5.11. The minimum Gasteiger partial charge on any atom is -0.352 e. The highest BCUT2D eigenvalue weighted by molar-refractivity contribution is 7.89. The third-order valence-electron chi connectivity index (χ3n) is 4.85. The van der Waals surface area contributed by atoms with Gasteiger partial charge in [-0.2, -0.15) is 0 Å². The van der Waals surface area contributed by atoms with Gasteiger partial charge in [-0.15, -0.1) is 0 Å². The summed E-state index contributed by atoms with van der Waals surface area (Å²) in [7, 11) is -3.44. The molecule has 1 amide bonds. The highest BCUT2D eigenvalue weighted by Crippen LogP contribution is 2.22. The summed E-state index contributed by atoms with van der Waals surface area (Å²) in [5.74, 6) is -0.0662. The Morgan fingerprint density at radius 3 is 2.39 bits per heavy atom. The molecule has 0 aromatic heterocycles. The van der Waals surface area contributed by atoms with Gasteiger partial charge in [-0.25, -0.2) is 13.1 Å². The van der Waals surface area contributed by atoms with Crippen LogP contribution in [0.25, 0.3) is 10.8 Å². The summed E-state index contributed by atoms with van der Waals surface area (Å²) >= 11 is 0. The standard InChI is InChI=1S/C22H22N2O3S/c25-22(14-18-6-3-5-17-4-1-2-7-21(17)18)23-15-16-8-12-20(13-9-16)28(26,27)24-19-10-11-19/h1-9,12-13,19,24H,10-11,14-15H2,(H,23,25). The number of nitrogens with one attached hydrogen (secondary N) is 2. The molecule has 1 saturated carbocycles. The van der Waals surface area contributed by atoms with E-state index in [0.717, 1.165) is 34.7 Å². The molecule has 3 aromatic carbocycles. The van der Waals surface area contributed by atoms with Crippen molar-refractivity contribution in [3.63, 3.8) is 0 Å². The van der Waals surface area contributed by atoms with Crippen molar-refractivity contribution in [3.05, 3.63) is 77.9 Å². The zero-order chi connectivity index (χ0) is 19.6. The van der Waals surface area contributed by atoms with Crippen LogP contribution in [0.4, 0.5) is 0 Å². The van der Waals surface area contributed by atoms with E-state index in [4.69, 9.17) is 0 Å². The number of carbonyl (C=O) groups is 1. The fourth-order valence-electron chi connectivity index (χ4n) is 3.16. The molecule has 144 valence electrons. The molecule has 0 atom stereocenters. The van der Waals surface area contributed by atoms with Crippen molar-refractivity contribution in [1.29, 1.82) is 0 Å². The van der Waals surface area contributed by atoms with Crippen LogP contribution in [0.1, 0.15) is 24.0 Å². The van der Waals surface area contributed by atoms with Crippen molar-refractivity contribution in [2.45, 2.75) is 36.7 Å². The second-order valence-electron chi connectivity index (χ2n) is 7.13. The lowest BCUT2D eigenvalue weighted by Gasteiger charge is -2.09. The van der Waals surface area contributed by atoms with Crippen LogP contribution in [0.3, 0.4) is 0 Å². The number of carbonyl (C=O) groups excluding carboxylic acids is 1. The van der Waals surface area contributed by atoms with Crippen LogP contribution in [-0.2, 0) is 27.8 Å². The third-order valence-corrected chi connectivity index (χ3v) is 6.39. The van der Waals surface area contributed by atoms with Gasteiger partial charge >= 0.3 is 0 Å². The maximum atomic E-state index is 12.4. The van der Waals surface area contributed by atoms with E-state index < -0.39 is 10.0 Å². The Morgan fingerprint density at radius 2 is 1.64 bits per heavy atom. The molecule has 1 aliphatic carbocycles. The summed E-state index contributed by atoms with van der Waals surface area (Å²) in [6, 6.07) is 20.7. The number of fused-ring (bicyclic) bond motifs is 1. The Labute approximate surface area is 164 Å². The van der Waals surface area contributed by atoms with Crippen LogP contribution < -0.4 is 10.0 Å². The highest BCUT2D eigenvalue weighted by atomic mass is 32.2. The lowest BCUT2D eigenvalue weighted by atomic mass is 10.0. The Balaban J connectivity index is 1.37. The van der Waals surface area contributed by atoms with Gasteiger partial charge in [0, 0.05) is 12.6 Å². The van der Waals surface area contributed by atoms with E-state index in [-0.39, 0.29) is 16.8 Å². The van der Waals surface area contributed by atoms with Crippen LogP contribution in [-0.4, -0.2) is 20.4 Å². The zero-order valence-electron chi connectivity index (χ0n) is 15.4. The number of hydrogen-bond donors (Lipinski definition) is 2. The van der Waals surface area contributed by atoms with E-state index in [0.29, 0.717) is 13.0 Å². The van der Waals surface area contributed by atoms with Crippen LogP contribution >= 0.6 is 0 Å². The van der Waals surface area contributed by atoms with Gasteiger partial charge in [0.15, 0.2) is 0 Å². The van der Waals surface area contributed by atoms with Crippen LogP contribution in [0.15, 0.2) is 71.6 Å². The van der Waals surface area contributed by atoms with Crippen LogP contribution in [0.5, 0.6) is 0 Å². The van der Waals surface area contributed by atoms with E-state index in [1.54, 1.807) is 24.3 Å². The monoisotopic (exact) mass is 394 g/mol. The zero-order valence-corrected chi connectivity index (χ0v) is 16.2. The minimum atomic E-state index is -3.44. The molecule has 0 aliphatic heterocycles. The number of sulfonamides is 1.